The molecule has 0 aromatic heterocycles. The molecule has 2 N–H and O–H groups in total. The number of benzene rings is 2. The van der Waals surface area contributed by atoms with Crippen molar-refractivity contribution >= 4 is 24.2 Å². The van der Waals surface area contributed by atoms with Crippen LogP contribution in [-0.4, -0.2) is 12.6 Å². The van der Waals surface area contributed by atoms with Crippen molar-refractivity contribution in [3.05, 3.63) is 70.2 Å². The predicted molar refractivity (Wildman–Crippen MR) is 84.9 cm³/mol. The first kappa shape index (κ1) is 14.3. The number of hydrogen-bond donors (Lipinski definition) is 2. The molecule has 2 aromatic rings. The fourth-order valence-corrected chi connectivity index (χ4v) is 2.00. The van der Waals surface area contributed by atoms with Crippen molar-refractivity contribution in [1.82, 2.24) is 5.32 Å². The first-order chi connectivity index (χ1) is 9.69. The third-order valence-electron chi connectivity index (χ3n) is 2.86. The number of halogens is 1. The van der Waals surface area contributed by atoms with Gasteiger partial charge in [-0.15, -0.1) is 0 Å². The second-order valence-corrected chi connectivity index (χ2v) is 4.89. The number of hydrogen-bond acceptors (Lipinski definition) is 2. The van der Waals surface area contributed by atoms with Gasteiger partial charge >= 0.3 is 0 Å². The molecule has 0 radical (unpaired) electrons. The number of nitrogens with one attached hydrogen (secondary N) is 2. The third-order valence-corrected chi connectivity index (χ3v) is 3.09. The number of aryl methyl sites for hydroxylation is 1. The van der Waals surface area contributed by atoms with Crippen molar-refractivity contribution in [3.8, 4) is 0 Å². The minimum absolute atomic E-state index is 0.271. The van der Waals surface area contributed by atoms with Gasteiger partial charge in [-0.25, -0.2) is 0 Å². The normalized spacial score (nSPS) is 12.3. The van der Waals surface area contributed by atoms with Crippen LogP contribution in [0.1, 0.15) is 22.9 Å². The molecule has 0 aliphatic rings. The second kappa shape index (κ2) is 6.87. The van der Waals surface area contributed by atoms with Gasteiger partial charge in [-0.05, 0) is 30.2 Å². The van der Waals surface area contributed by atoms with Crippen LogP contribution >= 0.6 is 11.6 Å². The van der Waals surface area contributed by atoms with Crippen molar-refractivity contribution in [2.24, 2.45) is 4.99 Å². The Bertz CT molecular complexity index is 605. The maximum atomic E-state index is 7.21. The molecule has 3 nitrogen and oxygen atoms in total. The molecule has 4 heteroatoms. The molecule has 0 amide bonds. The van der Waals surface area contributed by atoms with Crippen molar-refractivity contribution < 1.29 is 0 Å². The fraction of sp³-hybridized carbons (Fsp3) is 0.125. The first-order valence-electron chi connectivity index (χ1n) is 6.29. The van der Waals surface area contributed by atoms with Crippen molar-refractivity contribution in [2.45, 2.75) is 13.1 Å². The Hall–Kier alpha value is -2.13. The Morgan fingerprint density at radius 1 is 1.20 bits per heavy atom. The van der Waals surface area contributed by atoms with E-state index in [1.165, 1.54) is 5.56 Å². The van der Waals surface area contributed by atoms with Gasteiger partial charge in [0.15, 0.2) is 0 Å². The molecule has 2 aromatic carbocycles. The predicted octanol–water partition coefficient (Wildman–Crippen LogP) is 3.96. The van der Waals surface area contributed by atoms with E-state index in [0.717, 1.165) is 17.5 Å². The Morgan fingerprint density at radius 2 is 1.95 bits per heavy atom. The molecule has 0 bridgehead atoms. The lowest BCUT2D eigenvalue weighted by molar-refractivity contribution is 0.694. The van der Waals surface area contributed by atoms with Crippen LogP contribution in [0.25, 0.3) is 0 Å². The van der Waals surface area contributed by atoms with Gasteiger partial charge in [0.1, 0.15) is 6.17 Å². The van der Waals surface area contributed by atoms with E-state index in [-0.39, 0.29) is 6.17 Å². The molecule has 0 saturated heterocycles. The Labute approximate surface area is 123 Å². The van der Waals surface area contributed by atoms with E-state index in [4.69, 9.17) is 17.0 Å². The Kier molecular flexibility index (Phi) is 4.91. The first-order valence-corrected chi connectivity index (χ1v) is 6.67. The highest BCUT2D eigenvalue weighted by atomic mass is 35.5. The van der Waals surface area contributed by atoms with Crippen LogP contribution in [0.4, 0.5) is 0 Å². The highest BCUT2D eigenvalue weighted by Gasteiger charge is 2.06. The average Bonchev–Trinajstić information content (AvgIpc) is 2.44. The quantitative estimate of drug-likeness (QED) is 0.634. The molecule has 0 aliphatic heterocycles. The topological polar surface area (TPSA) is 48.2 Å². The zero-order valence-electron chi connectivity index (χ0n) is 11.2. The van der Waals surface area contributed by atoms with Crippen molar-refractivity contribution in [1.29, 1.82) is 5.41 Å². The molecular formula is C16H16ClN3. The molecular weight excluding hydrogens is 270 g/mol. The number of aliphatic imine (C=N–C) groups is 1. The highest BCUT2D eigenvalue weighted by molar-refractivity contribution is 6.30. The lowest BCUT2D eigenvalue weighted by Gasteiger charge is -2.12. The molecule has 0 saturated carbocycles. The summed E-state index contributed by atoms with van der Waals surface area (Å²) in [5, 5.41) is 10.8. The van der Waals surface area contributed by atoms with E-state index < -0.39 is 0 Å². The van der Waals surface area contributed by atoms with Crippen LogP contribution in [-0.2, 0) is 0 Å². The van der Waals surface area contributed by atoms with Crippen LogP contribution < -0.4 is 5.32 Å². The lowest BCUT2D eigenvalue weighted by Crippen LogP contribution is -2.17. The third kappa shape index (κ3) is 3.93. The largest absolute Gasteiger partial charge is 0.351 e. The van der Waals surface area contributed by atoms with Crippen LogP contribution in [0.3, 0.4) is 0 Å². The maximum absolute atomic E-state index is 7.21. The van der Waals surface area contributed by atoms with Crippen LogP contribution in [0.2, 0.25) is 5.02 Å². The van der Waals surface area contributed by atoms with E-state index in [9.17, 15) is 0 Å². The Balaban J connectivity index is 2.21. The lowest BCUT2D eigenvalue weighted by atomic mass is 10.1. The van der Waals surface area contributed by atoms with Crippen LogP contribution in [0, 0.1) is 12.3 Å². The molecule has 2 rings (SSSR count). The number of rotatable bonds is 5. The summed E-state index contributed by atoms with van der Waals surface area (Å²) in [4.78, 5) is 4.48. The van der Waals surface area contributed by atoms with Crippen LogP contribution in [0.15, 0.2) is 53.5 Å². The van der Waals surface area contributed by atoms with E-state index in [2.05, 4.69) is 10.3 Å². The zero-order valence-corrected chi connectivity index (χ0v) is 11.9. The average molecular weight is 286 g/mol. The standard InChI is InChI=1S/C16H16ClN3/c1-12-5-7-14(8-6-12)16(20-11-18)19-10-13-3-2-4-15(17)9-13/h2-11,16H,1H3,(H2,18,20)/b19-10+. The fourth-order valence-electron chi connectivity index (χ4n) is 1.80. The van der Waals surface area contributed by atoms with Gasteiger partial charge < -0.3 is 5.32 Å². The molecule has 1 atom stereocenters. The van der Waals surface area contributed by atoms with Gasteiger partial charge in [-0.2, -0.15) is 0 Å². The number of nitrogens with zero attached hydrogens (tertiary/aromatic N) is 1. The van der Waals surface area contributed by atoms with Crippen molar-refractivity contribution in [3.63, 3.8) is 0 Å². The molecule has 0 heterocycles. The second-order valence-electron chi connectivity index (χ2n) is 4.46. The molecule has 102 valence electrons. The van der Waals surface area contributed by atoms with E-state index >= 15 is 0 Å². The molecule has 0 spiro atoms. The minimum Gasteiger partial charge on any atom is -0.351 e. The zero-order chi connectivity index (χ0) is 14.4. The summed E-state index contributed by atoms with van der Waals surface area (Å²) < 4.78 is 0. The molecule has 0 aliphatic carbocycles. The van der Waals surface area contributed by atoms with Gasteiger partial charge in [0.05, 0.1) is 6.34 Å². The van der Waals surface area contributed by atoms with E-state index in [1.807, 2.05) is 55.5 Å². The van der Waals surface area contributed by atoms with E-state index in [0.29, 0.717) is 5.02 Å². The smallest absolute Gasteiger partial charge is 0.145 e. The SMILES string of the molecule is Cc1ccc(C(/N=C/c2cccc(Cl)c2)NC=N)cc1. The summed E-state index contributed by atoms with van der Waals surface area (Å²) in [7, 11) is 0. The van der Waals surface area contributed by atoms with Gasteiger partial charge in [0.25, 0.3) is 0 Å². The summed E-state index contributed by atoms with van der Waals surface area (Å²) in [5.74, 6) is 0. The molecule has 1 unspecified atom stereocenters. The summed E-state index contributed by atoms with van der Waals surface area (Å²) in [6, 6.07) is 15.6. The molecule has 0 fully saturated rings. The van der Waals surface area contributed by atoms with Gasteiger partial charge in [0, 0.05) is 11.2 Å². The Morgan fingerprint density at radius 3 is 2.60 bits per heavy atom. The monoisotopic (exact) mass is 285 g/mol. The van der Waals surface area contributed by atoms with Crippen molar-refractivity contribution in [2.75, 3.05) is 0 Å². The van der Waals surface area contributed by atoms with Gasteiger partial charge in [-0.3, -0.25) is 10.4 Å². The minimum atomic E-state index is -0.271. The summed E-state index contributed by atoms with van der Waals surface area (Å²) >= 11 is 5.94. The van der Waals surface area contributed by atoms with E-state index in [1.54, 1.807) is 6.21 Å². The van der Waals surface area contributed by atoms with Crippen LogP contribution in [0.5, 0.6) is 0 Å². The maximum Gasteiger partial charge on any atom is 0.145 e. The summed E-state index contributed by atoms with van der Waals surface area (Å²) in [6.07, 6.45) is 2.64. The van der Waals surface area contributed by atoms with Gasteiger partial charge in [0.2, 0.25) is 0 Å². The van der Waals surface area contributed by atoms with Gasteiger partial charge in [-0.1, -0.05) is 53.6 Å². The molecule has 20 heavy (non-hydrogen) atoms. The highest BCUT2D eigenvalue weighted by Crippen LogP contribution is 2.15. The summed E-state index contributed by atoms with van der Waals surface area (Å²) in [6.45, 7) is 2.04. The summed E-state index contributed by atoms with van der Waals surface area (Å²) in [5.41, 5.74) is 3.14.